The van der Waals surface area contributed by atoms with E-state index in [1.807, 2.05) is 37.3 Å². The lowest BCUT2D eigenvalue weighted by Crippen LogP contribution is -1.82. The Morgan fingerprint density at radius 2 is 2.00 bits per heavy atom. The van der Waals surface area contributed by atoms with Crippen LogP contribution in [0, 0.1) is 6.92 Å². The second-order valence-corrected chi connectivity index (χ2v) is 4.22. The number of aryl methyl sites for hydroxylation is 1. The molecule has 3 rings (SSSR count). The highest BCUT2D eigenvalue weighted by Gasteiger charge is 2.12. The minimum atomic E-state index is 0.604. The molecule has 0 N–H and O–H groups in total. The van der Waals surface area contributed by atoms with E-state index in [1.165, 1.54) is 0 Å². The summed E-state index contributed by atoms with van der Waals surface area (Å²) in [6, 6.07) is 13.4. The first-order valence-electron chi connectivity index (χ1n) is 5.70. The summed E-state index contributed by atoms with van der Waals surface area (Å²) in [5, 5.41) is 4.94. The fourth-order valence-electron chi connectivity index (χ4n) is 2.06. The largest absolute Gasteiger partial charge is 0.355 e. The summed E-state index contributed by atoms with van der Waals surface area (Å²) in [5.41, 5.74) is 3.47. The van der Waals surface area contributed by atoms with Gasteiger partial charge in [0.2, 0.25) is 0 Å². The maximum absolute atomic E-state index is 10.7. The van der Waals surface area contributed by atoms with Gasteiger partial charge in [0.25, 0.3) is 0 Å². The predicted molar refractivity (Wildman–Crippen MR) is 69.6 cm³/mol. The topological polar surface area (TPSA) is 43.1 Å². The van der Waals surface area contributed by atoms with Gasteiger partial charge in [0, 0.05) is 16.5 Å². The van der Waals surface area contributed by atoms with Crippen molar-refractivity contribution in [1.29, 1.82) is 0 Å². The highest BCUT2D eigenvalue weighted by molar-refractivity contribution is 5.95. The molecule has 18 heavy (non-hydrogen) atoms. The number of carbonyl (C=O) groups is 1. The number of nitrogens with zero attached hydrogens (tertiary/aromatic N) is 1. The normalized spacial score (nSPS) is 10.7. The number of rotatable bonds is 2. The summed E-state index contributed by atoms with van der Waals surface area (Å²) in [7, 11) is 0. The third-order valence-electron chi connectivity index (χ3n) is 3.03. The second-order valence-electron chi connectivity index (χ2n) is 4.22. The molecule has 0 saturated heterocycles. The summed E-state index contributed by atoms with van der Waals surface area (Å²) in [4.78, 5) is 10.7. The number of carbonyl (C=O) groups excluding carboxylic acids is 1. The van der Waals surface area contributed by atoms with E-state index in [2.05, 4.69) is 5.16 Å². The van der Waals surface area contributed by atoms with Gasteiger partial charge in [-0.1, -0.05) is 35.5 Å². The molecule has 0 spiro atoms. The quantitative estimate of drug-likeness (QED) is 0.639. The first-order chi connectivity index (χ1) is 8.79. The van der Waals surface area contributed by atoms with Crippen molar-refractivity contribution in [3.05, 3.63) is 53.6 Å². The van der Waals surface area contributed by atoms with E-state index in [9.17, 15) is 4.79 Å². The van der Waals surface area contributed by atoms with E-state index in [0.717, 1.165) is 28.6 Å². The van der Waals surface area contributed by atoms with Crippen LogP contribution in [-0.2, 0) is 0 Å². The van der Waals surface area contributed by atoms with Crippen molar-refractivity contribution in [2.45, 2.75) is 6.92 Å². The van der Waals surface area contributed by atoms with Gasteiger partial charge in [0.1, 0.15) is 11.8 Å². The van der Waals surface area contributed by atoms with Gasteiger partial charge in [-0.3, -0.25) is 4.79 Å². The van der Waals surface area contributed by atoms with Crippen LogP contribution in [0.4, 0.5) is 0 Å². The molecule has 88 valence electrons. The standard InChI is InChI=1S/C15H11NO2/c1-10-4-2-3-5-12(10)15-13-7-6-11(9-17)8-14(13)16-18-15/h2-9H,1H3. The van der Waals surface area contributed by atoms with Crippen LogP contribution in [0.1, 0.15) is 15.9 Å². The van der Waals surface area contributed by atoms with E-state index in [-0.39, 0.29) is 0 Å². The first kappa shape index (κ1) is 10.7. The molecule has 0 aliphatic heterocycles. The fraction of sp³-hybridized carbons (Fsp3) is 0.0667. The molecule has 0 radical (unpaired) electrons. The van der Waals surface area contributed by atoms with Gasteiger partial charge in [-0.15, -0.1) is 0 Å². The second kappa shape index (κ2) is 4.11. The Kier molecular flexibility index (Phi) is 2.45. The molecule has 0 atom stereocenters. The van der Waals surface area contributed by atoms with Gasteiger partial charge in [-0.25, -0.2) is 0 Å². The van der Waals surface area contributed by atoms with Crippen LogP contribution in [0.15, 0.2) is 47.0 Å². The lowest BCUT2D eigenvalue weighted by molar-refractivity contribution is 0.112. The third kappa shape index (κ3) is 1.61. The molecule has 0 fully saturated rings. The van der Waals surface area contributed by atoms with Gasteiger partial charge in [0.05, 0.1) is 0 Å². The highest BCUT2D eigenvalue weighted by Crippen LogP contribution is 2.30. The molecule has 2 aromatic carbocycles. The predicted octanol–water partition coefficient (Wildman–Crippen LogP) is 3.62. The Balaban J connectivity index is 2.25. The Morgan fingerprint density at radius 3 is 2.78 bits per heavy atom. The minimum Gasteiger partial charge on any atom is -0.355 e. The van der Waals surface area contributed by atoms with Crippen LogP contribution in [0.3, 0.4) is 0 Å². The SMILES string of the molecule is Cc1ccccc1-c1onc2cc(C=O)ccc12. The number of benzene rings is 2. The molecule has 0 saturated carbocycles. The van der Waals surface area contributed by atoms with E-state index >= 15 is 0 Å². The lowest BCUT2D eigenvalue weighted by Gasteiger charge is -2.01. The maximum Gasteiger partial charge on any atom is 0.174 e. The Labute approximate surface area is 104 Å². The minimum absolute atomic E-state index is 0.604. The average molecular weight is 237 g/mol. The number of hydrogen-bond acceptors (Lipinski definition) is 3. The van der Waals surface area contributed by atoms with Gasteiger partial charge in [-0.05, 0) is 24.6 Å². The van der Waals surface area contributed by atoms with Crippen molar-refractivity contribution in [2.24, 2.45) is 0 Å². The zero-order valence-electron chi connectivity index (χ0n) is 9.88. The van der Waals surface area contributed by atoms with Crippen LogP contribution >= 0.6 is 0 Å². The average Bonchev–Trinajstić information content (AvgIpc) is 2.82. The van der Waals surface area contributed by atoms with Crippen LogP contribution in [0.25, 0.3) is 22.2 Å². The first-order valence-corrected chi connectivity index (χ1v) is 5.70. The summed E-state index contributed by atoms with van der Waals surface area (Å²) in [5.74, 6) is 0.751. The zero-order chi connectivity index (χ0) is 12.5. The summed E-state index contributed by atoms with van der Waals surface area (Å²) >= 11 is 0. The Morgan fingerprint density at radius 1 is 1.17 bits per heavy atom. The van der Waals surface area contributed by atoms with Crippen LogP contribution in [0.5, 0.6) is 0 Å². The molecule has 0 unspecified atom stereocenters. The van der Waals surface area contributed by atoms with E-state index in [4.69, 9.17) is 4.52 Å². The number of fused-ring (bicyclic) bond motifs is 1. The van der Waals surface area contributed by atoms with Gasteiger partial charge in [-0.2, -0.15) is 0 Å². The molecule has 0 amide bonds. The van der Waals surface area contributed by atoms with Crippen molar-refractivity contribution in [3.8, 4) is 11.3 Å². The number of aldehydes is 1. The highest BCUT2D eigenvalue weighted by atomic mass is 16.5. The lowest BCUT2D eigenvalue weighted by atomic mass is 10.0. The molecule has 3 nitrogen and oxygen atoms in total. The Hall–Kier alpha value is -2.42. The van der Waals surface area contributed by atoms with E-state index in [1.54, 1.807) is 12.1 Å². The molecule has 0 bridgehead atoms. The fourth-order valence-corrected chi connectivity index (χ4v) is 2.06. The van der Waals surface area contributed by atoms with Crippen molar-refractivity contribution < 1.29 is 9.32 Å². The number of hydrogen-bond donors (Lipinski definition) is 0. The molecule has 1 heterocycles. The molecule has 0 aliphatic carbocycles. The molecule has 3 aromatic rings. The molecule has 0 aliphatic rings. The molecule has 1 aromatic heterocycles. The van der Waals surface area contributed by atoms with Gasteiger partial charge in [0.15, 0.2) is 5.76 Å². The smallest absolute Gasteiger partial charge is 0.174 e. The van der Waals surface area contributed by atoms with E-state index in [0.29, 0.717) is 11.1 Å². The third-order valence-corrected chi connectivity index (χ3v) is 3.03. The van der Waals surface area contributed by atoms with Crippen LogP contribution in [-0.4, -0.2) is 11.4 Å². The van der Waals surface area contributed by atoms with Crippen LogP contribution in [0.2, 0.25) is 0 Å². The summed E-state index contributed by atoms with van der Waals surface area (Å²) in [6.45, 7) is 2.03. The van der Waals surface area contributed by atoms with Gasteiger partial charge < -0.3 is 4.52 Å². The van der Waals surface area contributed by atoms with Crippen LogP contribution < -0.4 is 0 Å². The van der Waals surface area contributed by atoms with Crippen molar-refractivity contribution >= 4 is 17.2 Å². The van der Waals surface area contributed by atoms with Crippen molar-refractivity contribution in [2.75, 3.05) is 0 Å². The summed E-state index contributed by atoms with van der Waals surface area (Å²) < 4.78 is 5.42. The molecular weight excluding hydrogens is 226 g/mol. The van der Waals surface area contributed by atoms with E-state index < -0.39 is 0 Å². The maximum atomic E-state index is 10.7. The van der Waals surface area contributed by atoms with Crippen molar-refractivity contribution in [1.82, 2.24) is 5.16 Å². The van der Waals surface area contributed by atoms with Crippen molar-refractivity contribution in [3.63, 3.8) is 0 Å². The zero-order valence-corrected chi connectivity index (χ0v) is 9.88. The monoisotopic (exact) mass is 237 g/mol. The number of aromatic nitrogens is 1. The van der Waals surface area contributed by atoms with Gasteiger partial charge >= 0.3 is 0 Å². The molecule has 3 heteroatoms. The summed E-state index contributed by atoms with van der Waals surface area (Å²) in [6.07, 6.45) is 0.807. The molecular formula is C15H11NO2. The Bertz CT molecular complexity index is 728.